The highest BCUT2D eigenvalue weighted by molar-refractivity contribution is 7.18. The van der Waals surface area contributed by atoms with Crippen molar-refractivity contribution in [1.82, 2.24) is 9.97 Å². The molecule has 0 aliphatic carbocycles. The maximum absolute atomic E-state index is 12.2. The van der Waals surface area contributed by atoms with E-state index in [0.717, 1.165) is 5.56 Å². The van der Waals surface area contributed by atoms with Crippen molar-refractivity contribution in [1.29, 1.82) is 0 Å². The number of esters is 1. The van der Waals surface area contributed by atoms with E-state index in [1.807, 2.05) is 6.07 Å². The first-order valence-electron chi connectivity index (χ1n) is 9.03. The van der Waals surface area contributed by atoms with Crippen molar-refractivity contribution >= 4 is 39.1 Å². The highest BCUT2D eigenvalue weighted by Crippen LogP contribution is 2.27. The van der Waals surface area contributed by atoms with E-state index in [1.54, 1.807) is 38.1 Å². The van der Waals surface area contributed by atoms with Crippen molar-refractivity contribution in [3.8, 4) is 0 Å². The Morgan fingerprint density at radius 1 is 1.29 bits per heavy atom. The maximum Gasteiger partial charge on any atom is 0.348 e. The molecule has 0 spiro atoms. The standard InChI is InChI=1S/C20H21N3O4S/c1-3-27-20(26)18-12(2)11-17(28-18)23-16(24)10-6-9-15-21-14-8-5-4-7-13(14)19(25)22-15/h4-5,7-8,11H,3,6,9-10H2,1-2H3,(H,23,24)(H,21,22,25). The van der Waals surface area contributed by atoms with Crippen LogP contribution in [0.4, 0.5) is 5.00 Å². The van der Waals surface area contributed by atoms with Gasteiger partial charge in [-0.1, -0.05) is 12.1 Å². The van der Waals surface area contributed by atoms with E-state index in [9.17, 15) is 14.4 Å². The number of H-pyrrole nitrogens is 1. The summed E-state index contributed by atoms with van der Waals surface area (Å²) in [6, 6.07) is 8.91. The first kappa shape index (κ1) is 19.8. The molecule has 3 rings (SSSR count). The summed E-state index contributed by atoms with van der Waals surface area (Å²) < 4.78 is 5.00. The number of aromatic nitrogens is 2. The summed E-state index contributed by atoms with van der Waals surface area (Å²) in [5.41, 5.74) is 1.24. The molecule has 8 heteroatoms. The number of aromatic amines is 1. The van der Waals surface area contributed by atoms with Gasteiger partial charge in [-0.2, -0.15) is 0 Å². The third-order valence-corrected chi connectivity index (χ3v) is 5.25. The number of amides is 1. The Bertz CT molecular complexity index is 1070. The third kappa shape index (κ3) is 4.64. The highest BCUT2D eigenvalue weighted by atomic mass is 32.1. The molecule has 28 heavy (non-hydrogen) atoms. The van der Waals surface area contributed by atoms with E-state index >= 15 is 0 Å². The fraction of sp³-hybridized carbons (Fsp3) is 0.300. The van der Waals surface area contributed by atoms with Crippen LogP contribution in [0.2, 0.25) is 0 Å². The lowest BCUT2D eigenvalue weighted by Gasteiger charge is -2.04. The summed E-state index contributed by atoms with van der Waals surface area (Å²) in [5, 5.41) is 3.97. The van der Waals surface area contributed by atoms with Gasteiger partial charge in [-0.3, -0.25) is 9.59 Å². The summed E-state index contributed by atoms with van der Waals surface area (Å²) in [6.45, 7) is 3.87. The summed E-state index contributed by atoms with van der Waals surface area (Å²) >= 11 is 1.20. The van der Waals surface area contributed by atoms with Gasteiger partial charge < -0.3 is 15.0 Å². The predicted molar refractivity (Wildman–Crippen MR) is 109 cm³/mol. The first-order valence-corrected chi connectivity index (χ1v) is 9.85. The van der Waals surface area contributed by atoms with Gasteiger partial charge in [0.05, 0.1) is 22.5 Å². The Hall–Kier alpha value is -3.00. The zero-order valence-electron chi connectivity index (χ0n) is 15.7. The predicted octanol–water partition coefficient (Wildman–Crippen LogP) is 3.43. The Morgan fingerprint density at radius 3 is 2.86 bits per heavy atom. The molecule has 0 fully saturated rings. The Morgan fingerprint density at radius 2 is 2.07 bits per heavy atom. The fourth-order valence-electron chi connectivity index (χ4n) is 2.81. The second-order valence-corrected chi connectivity index (χ2v) is 7.33. The van der Waals surface area contributed by atoms with Crippen molar-refractivity contribution in [2.75, 3.05) is 11.9 Å². The second kappa shape index (κ2) is 8.79. The summed E-state index contributed by atoms with van der Waals surface area (Å²) in [7, 11) is 0. The zero-order chi connectivity index (χ0) is 20.1. The molecule has 2 heterocycles. The Kier molecular flexibility index (Phi) is 6.20. The van der Waals surface area contributed by atoms with E-state index in [0.29, 0.717) is 46.1 Å². The molecule has 0 aliphatic rings. The topological polar surface area (TPSA) is 101 Å². The van der Waals surface area contributed by atoms with Crippen LogP contribution in [-0.4, -0.2) is 28.5 Å². The van der Waals surface area contributed by atoms with Crippen LogP contribution >= 0.6 is 11.3 Å². The average molecular weight is 399 g/mol. The molecule has 1 amide bonds. The molecular formula is C20H21N3O4S. The minimum atomic E-state index is -0.378. The normalized spacial score (nSPS) is 10.8. The molecule has 146 valence electrons. The largest absolute Gasteiger partial charge is 0.462 e. The quantitative estimate of drug-likeness (QED) is 0.593. The minimum Gasteiger partial charge on any atom is -0.462 e. The number of hydrogen-bond donors (Lipinski definition) is 2. The van der Waals surface area contributed by atoms with Crippen LogP contribution in [0.3, 0.4) is 0 Å². The molecule has 0 saturated heterocycles. The number of ether oxygens (including phenoxy) is 1. The van der Waals surface area contributed by atoms with Crippen LogP contribution in [0, 0.1) is 6.92 Å². The lowest BCUT2D eigenvalue weighted by Crippen LogP contribution is -2.14. The molecule has 0 aliphatic heterocycles. The second-order valence-electron chi connectivity index (χ2n) is 6.27. The molecule has 0 unspecified atom stereocenters. The number of aryl methyl sites for hydroxylation is 2. The summed E-state index contributed by atoms with van der Waals surface area (Å²) in [5.74, 6) is 0.0321. The van der Waals surface area contributed by atoms with Crippen LogP contribution in [0.15, 0.2) is 35.1 Å². The Labute approximate surface area is 165 Å². The number of carbonyl (C=O) groups is 2. The zero-order valence-corrected chi connectivity index (χ0v) is 16.5. The van der Waals surface area contributed by atoms with Gasteiger partial charge >= 0.3 is 5.97 Å². The number of nitrogens with one attached hydrogen (secondary N) is 2. The summed E-state index contributed by atoms with van der Waals surface area (Å²) in [6.07, 6.45) is 1.31. The van der Waals surface area contributed by atoms with Crippen LogP contribution in [-0.2, 0) is 16.0 Å². The number of thiophene rings is 1. The highest BCUT2D eigenvalue weighted by Gasteiger charge is 2.16. The van der Waals surface area contributed by atoms with Crippen LogP contribution in [0.1, 0.15) is 40.8 Å². The molecule has 0 saturated carbocycles. The number of rotatable bonds is 7. The summed E-state index contributed by atoms with van der Waals surface area (Å²) in [4.78, 5) is 43.8. The Balaban J connectivity index is 1.56. The number of carbonyl (C=O) groups excluding carboxylic acids is 2. The van der Waals surface area contributed by atoms with Gasteiger partial charge in [0.2, 0.25) is 5.91 Å². The van der Waals surface area contributed by atoms with Gasteiger partial charge in [-0.05, 0) is 44.0 Å². The third-order valence-electron chi connectivity index (χ3n) is 4.12. The van der Waals surface area contributed by atoms with Gasteiger partial charge in [-0.25, -0.2) is 9.78 Å². The molecule has 0 radical (unpaired) electrons. The van der Waals surface area contributed by atoms with Crippen LogP contribution in [0.5, 0.6) is 0 Å². The molecule has 3 aromatic rings. The van der Waals surface area contributed by atoms with Crippen LogP contribution in [0.25, 0.3) is 10.9 Å². The van der Waals surface area contributed by atoms with Gasteiger partial charge in [0.15, 0.2) is 0 Å². The van der Waals surface area contributed by atoms with Crippen molar-refractivity contribution < 1.29 is 14.3 Å². The van der Waals surface area contributed by atoms with Crippen molar-refractivity contribution in [3.63, 3.8) is 0 Å². The number of hydrogen-bond acceptors (Lipinski definition) is 6. The van der Waals surface area contributed by atoms with Crippen LogP contribution < -0.4 is 10.9 Å². The number of benzene rings is 1. The monoisotopic (exact) mass is 399 g/mol. The van der Waals surface area contributed by atoms with Crippen molar-refractivity contribution in [3.05, 3.63) is 57.0 Å². The molecular weight excluding hydrogens is 378 g/mol. The number of para-hydroxylation sites is 1. The molecule has 0 atom stereocenters. The molecule has 2 N–H and O–H groups in total. The lowest BCUT2D eigenvalue weighted by atomic mass is 10.2. The molecule has 2 aromatic heterocycles. The van der Waals surface area contributed by atoms with Gasteiger partial charge in [0.25, 0.3) is 5.56 Å². The van der Waals surface area contributed by atoms with Crippen molar-refractivity contribution in [2.24, 2.45) is 0 Å². The van der Waals surface area contributed by atoms with Gasteiger partial charge in [-0.15, -0.1) is 11.3 Å². The maximum atomic E-state index is 12.2. The number of nitrogens with zero attached hydrogens (tertiary/aromatic N) is 1. The van der Waals surface area contributed by atoms with E-state index in [4.69, 9.17) is 4.74 Å². The minimum absolute atomic E-state index is 0.153. The molecule has 1 aromatic carbocycles. The molecule has 7 nitrogen and oxygen atoms in total. The van der Waals surface area contributed by atoms with Gasteiger partial charge in [0.1, 0.15) is 10.7 Å². The first-order chi connectivity index (χ1) is 13.5. The van der Waals surface area contributed by atoms with E-state index in [-0.39, 0.29) is 23.9 Å². The SMILES string of the molecule is CCOC(=O)c1sc(NC(=O)CCCc2nc3ccccc3c(=O)[nH]2)cc1C. The van der Waals surface area contributed by atoms with E-state index in [1.165, 1.54) is 11.3 Å². The fourth-order valence-corrected chi connectivity index (χ4v) is 3.80. The molecule has 0 bridgehead atoms. The van der Waals surface area contributed by atoms with E-state index < -0.39 is 0 Å². The average Bonchev–Trinajstić information content (AvgIpc) is 3.02. The van der Waals surface area contributed by atoms with E-state index in [2.05, 4.69) is 15.3 Å². The van der Waals surface area contributed by atoms with Crippen molar-refractivity contribution in [2.45, 2.75) is 33.1 Å². The lowest BCUT2D eigenvalue weighted by molar-refractivity contribution is -0.116. The smallest absolute Gasteiger partial charge is 0.348 e. The van der Waals surface area contributed by atoms with Gasteiger partial charge in [0, 0.05) is 12.8 Å². The number of fused-ring (bicyclic) bond motifs is 1. The number of anilines is 1.